The molecule has 6 heteroatoms. The number of hydrogen-bond acceptors (Lipinski definition) is 6. The van der Waals surface area contributed by atoms with Crippen molar-refractivity contribution >= 4 is 0 Å². The molecule has 2 saturated heterocycles. The number of aliphatic hydroxyl groups is 2. The maximum Gasteiger partial charge on any atom is 0.190 e. The summed E-state index contributed by atoms with van der Waals surface area (Å²) >= 11 is 0. The van der Waals surface area contributed by atoms with Gasteiger partial charge in [0.2, 0.25) is 0 Å². The third kappa shape index (κ3) is 2.62. The number of likely N-dealkylation sites (N-methyl/N-ethyl adjacent to an activating group) is 1. The highest BCUT2D eigenvalue weighted by atomic mass is 16.8. The minimum Gasteiger partial charge on any atom is -0.389 e. The first kappa shape index (κ1) is 13.2. The summed E-state index contributed by atoms with van der Waals surface area (Å²) in [7, 11) is 3.70. The molecule has 0 aromatic rings. The highest BCUT2D eigenvalue weighted by Crippen LogP contribution is 2.38. The molecule has 17 heavy (non-hydrogen) atoms. The smallest absolute Gasteiger partial charge is 0.190 e. The van der Waals surface area contributed by atoms with Gasteiger partial charge in [0.15, 0.2) is 12.1 Å². The van der Waals surface area contributed by atoms with Crippen LogP contribution in [0.5, 0.6) is 0 Å². The lowest BCUT2D eigenvalue weighted by Gasteiger charge is -2.27. The van der Waals surface area contributed by atoms with Gasteiger partial charge in [-0.3, -0.25) is 0 Å². The Morgan fingerprint density at radius 3 is 2.47 bits per heavy atom. The first-order valence-electron chi connectivity index (χ1n) is 5.82. The lowest BCUT2D eigenvalue weighted by molar-refractivity contribution is -0.226. The molecule has 100 valence electrons. The van der Waals surface area contributed by atoms with Gasteiger partial charge >= 0.3 is 0 Å². The van der Waals surface area contributed by atoms with Crippen LogP contribution in [-0.2, 0) is 14.2 Å². The SMILES string of the molecule is CN(C)C[C@@H](O)[C@H]1O[C@@H]2OC(C)(C)O[C@@H]2[C@H]1O. The molecule has 2 heterocycles. The van der Waals surface area contributed by atoms with Crippen LogP contribution in [-0.4, -0.2) is 72.2 Å². The number of fused-ring (bicyclic) bond motifs is 1. The molecule has 0 aromatic carbocycles. The van der Waals surface area contributed by atoms with E-state index in [1.165, 1.54) is 0 Å². The van der Waals surface area contributed by atoms with Gasteiger partial charge in [0, 0.05) is 6.54 Å². The van der Waals surface area contributed by atoms with Crippen LogP contribution in [0.25, 0.3) is 0 Å². The van der Waals surface area contributed by atoms with Gasteiger partial charge < -0.3 is 29.3 Å². The van der Waals surface area contributed by atoms with E-state index in [1.54, 1.807) is 13.8 Å². The summed E-state index contributed by atoms with van der Waals surface area (Å²) in [4.78, 5) is 1.83. The highest BCUT2D eigenvalue weighted by Gasteiger charge is 2.55. The lowest BCUT2D eigenvalue weighted by Crippen LogP contribution is -2.44. The molecule has 2 aliphatic rings. The highest BCUT2D eigenvalue weighted by molar-refractivity contribution is 4.96. The molecular weight excluding hydrogens is 226 g/mol. The fourth-order valence-electron chi connectivity index (χ4n) is 2.31. The second-order valence-electron chi connectivity index (χ2n) is 5.39. The van der Waals surface area contributed by atoms with Gasteiger partial charge in [-0.05, 0) is 27.9 Å². The average Bonchev–Trinajstić information content (AvgIpc) is 2.60. The molecule has 2 rings (SSSR count). The van der Waals surface area contributed by atoms with E-state index in [0.29, 0.717) is 6.54 Å². The number of aliphatic hydroxyl groups excluding tert-OH is 2. The maximum absolute atomic E-state index is 10.1. The lowest BCUT2D eigenvalue weighted by atomic mass is 10.1. The van der Waals surface area contributed by atoms with Crippen LogP contribution in [0, 0.1) is 0 Å². The molecule has 0 unspecified atom stereocenters. The molecule has 6 nitrogen and oxygen atoms in total. The molecule has 0 bridgehead atoms. The summed E-state index contributed by atoms with van der Waals surface area (Å²) in [6, 6.07) is 0. The summed E-state index contributed by atoms with van der Waals surface area (Å²) in [5, 5.41) is 20.0. The van der Waals surface area contributed by atoms with Gasteiger partial charge in [0.05, 0.1) is 6.10 Å². The quantitative estimate of drug-likeness (QED) is 0.676. The van der Waals surface area contributed by atoms with Gasteiger partial charge in [-0.2, -0.15) is 0 Å². The van der Waals surface area contributed by atoms with Crippen molar-refractivity contribution in [3.8, 4) is 0 Å². The standard InChI is InChI=1S/C11H21NO5/c1-11(2)16-9-7(14)8(15-10(9)17-11)6(13)5-12(3)4/h6-10,13-14H,5H2,1-4H3/t6-,7+,8-,9-,10-/m1/s1. The Kier molecular flexibility index (Phi) is 3.46. The first-order chi connectivity index (χ1) is 7.80. The topological polar surface area (TPSA) is 71.4 Å². The van der Waals surface area contributed by atoms with Gasteiger partial charge in [-0.15, -0.1) is 0 Å². The number of hydrogen-bond donors (Lipinski definition) is 2. The van der Waals surface area contributed by atoms with E-state index in [9.17, 15) is 10.2 Å². The molecule has 0 aliphatic carbocycles. The molecule has 0 saturated carbocycles. The Morgan fingerprint density at radius 1 is 1.29 bits per heavy atom. The van der Waals surface area contributed by atoms with Crippen LogP contribution in [0.4, 0.5) is 0 Å². The third-order valence-corrected chi connectivity index (χ3v) is 2.98. The Hall–Kier alpha value is -0.240. The van der Waals surface area contributed by atoms with Crippen LogP contribution >= 0.6 is 0 Å². The van der Waals surface area contributed by atoms with Crippen LogP contribution in [0.2, 0.25) is 0 Å². The van der Waals surface area contributed by atoms with Crippen molar-refractivity contribution in [3.05, 3.63) is 0 Å². The monoisotopic (exact) mass is 247 g/mol. The van der Waals surface area contributed by atoms with E-state index in [0.717, 1.165) is 0 Å². The predicted octanol–water partition coefficient (Wildman–Crippen LogP) is -0.854. The predicted molar refractivity (Wildman–Crippen MR) is 59.3 cm³/mol. The van der Waals surface area contributed by atoms with Crippen molar-refractivity contribution in [1.29, 1.82) is 0 Å². The Labute approximate surface area is 101 Å². The minimum atomic E-state index is -0.864. The van der Waals surface area contributed by atoms with E-state index in [4.69, 9.17) is 14.2 Å². The molecule has 0 amide bonds. The molecule has 2 aliphatic heterocycles. The van der Waals surface area contributed by atoms with Crippen LogP contribution in [0.15, 0.2) is 0 Å². The summed E-state index contributed by atoms with van der Waals surface area (Å²) < 4.78 is 16.6. The van der Waals surface area contributed by atoms with E-state index in [-0.39, 0.29) is 0 Å². The second kappa shape index (κ2) is 4.46. The van der Waals surface area contributed by atoms with E-state index in [1.807, 2.05) is 19.0 Å². The molecule has 2 N–H and O–H groups in total. The Bertz CT molecular complexity index is 283. The fraction of sp³-hybridized carbons (Fsp3) is 1.00. The zero-order chi connectivity index (χ0) is 12.8. The number of nitrogens with zero attached hydrogens (tertiary/aromatic N) is 1. The van der Waals surface area contributed by atoms with Crippen molar-refractivity contribution in [1.82, 2.24) is 4.90 Å². The van der Waals surface area contributed by atoms with Crippen LogP contribution in [0.1, 0.15) is 13.8 Å². The van der Waals surface area contributed by atoms with Gasteiger partial charge in [0.1, 0.15) is 18.3 Å². The minimum absolute atomic E-state index is 0.421. The number of rotatable bonds is 3. The largest absolute Gasteiger partial charge is 0.389 e. The van der Waals surface area contributed by atoms with Crippen molar-refractivity contribution < 1.29 is 24.4 Å². The summed E-state index contributed by atoms with van der Waals surface area (Å²) in [6.45, 7) is 3.96. The zero-order valence-corrected chi connectivity index (χ0v) is 10.7. The van der Waals surface area contributed by atoms with Gasteiger partial charge in [-0.25, -0.2) is 0 Å². The molecule has 0 spiro atoms. The van der Waals surface area contributed by atoms with Gasteiger partial charge in [0.25, 0.3) is 0 Å². The molecule has 5 atom stereocenters. The van der Waals surface area contributed by atoms with Crippen molar-refractivity contribution in [2.75, 3.05) is 20.6 Å². The normalized spacial score (nSPS) is 41.8. The Morgan fingerprint density at radius 2 is 1.94 bits per heavy atom. The fourth-order valence-corrected chi connectivity index (χ4v) is 2.31. The molecular formula is C11H21NO5. The van der Waals surface area contributed by atoms with Crippen LogP contribution in [0.3, 0.4) is 0 Å². The average molecular weight is 247 g/mol. The van der Waals surface area contributed by atoms with Crippen molar-refractivity contribution in [2.24, 2.45) is 0 Å². The summed E-state index contributed by atoms with van der Waals surface area (Å²) in [5.74, 6) is -0.742. The second-order valence-corrected chi connectivity index (χ2v) is 5.39. The van der Waals surface area contributed by atoms with E-state index < -0.39 is 36.5 Å². The molecule has 2 fully saturated rings. The summed E-state index contributed by atoms with van der Waals surface area (Å²) in [5.41, 5.74) is 0. The molecule has 0 radical (unpaired) electrons. The van der Waals surface area contributed by atoms with Gasteiger partial charge in [-0.1, -0.05) is 0 Å². The van der Waals surface area contributed by atoms with E-state index >= 15 is 0 Å². The van der Waals surface area contributed by atoms with Crippen LogP contribution < -0.4 is 0 Å². The third-order valence-electron chi connectivity index (χ3n) is 2.98. The van der Waals surface area contributed by atoms with Crippen molar-refractivity contribution in [2.45, 2.75) is 50.3 Å². The van der Waals surface area contributed by atoms with E-state index in [2.05, 4.69) is 0 Å². The number of ether oxygens (including phenoxy) is 3. The zero-order valence-electron chi connectivity index (χ0n) is 10.7. The van der Waals surface area contributed by atoms with Crippen molar-refractivity contribution in [3.63, 3.8) is 0 Å². The molecule has 0 aromatic heterocycles. The summed E-state index contributed by atoms with van der Waals surface area (Å²) in [6.07, 6.45) is -3.41. The maximum atomic E-state index is 10.1. The first-order valence-corrected chi connectivity index (χ1v) is 5.82. The Balaban J connectivity index is 1.98.